The number of ether oxygens (including phenoxy) is 2. The predicted octanol–water partition coefficient (Wildman–Crippen LogP) is 3.56. The Morgan fingerprint density at radius 2 is 2.07 bits per heavy atom. The number of carbonyl (C=O) groups is 1. The van der Waals surface area contributed by atoms with Crippen LogP contribution in [-0.2, 0) is 9.53 Å². The Labute approximate surface area is 155 Å². The van der Waals surface area contributed by atoms with Gasteiger partial charge in [-0.15, -0.1) is 0 Å². The van der Waals surface area contributed by atoms with Crippen LogP contribution in [0.4, 0.5) is 5.69 Å². The molecule has 2 aliphatic rings. The van der Waals surface area contributed by atoms with Crippen LogP contribution in [0.5, 0.6) is 11.5 Å². The number of rotatable bonds is 2. The number of aromatic nitrogens is 1. The van der Waals surface area contributed by atoms with Crippen molar-refractivity contribution in [3.05, 3.63) is 64.5 Å². The molecule has 6 heteroatoms. The van der Waals surface area contributed by atoms with Crippen LogP contribution in [0.3, 0.4) is 0 Å². The lowest BCUT2D eigenvalue weighted by Crippen LogP contribution is -2.20. The zero-order valence-corrected chi connectivity index (χ0v) is 14.9. The molecule has 2 aliphatic heterocycles. The number of carbonyl (C=O) groups excluding carboxylic acids is 1. The summed E-state index contributed by atoms with van der Waals surface area (Å²) in [4.78, 5) is 16.0. The molecule has 0 saturated carbocycles. The number of aryl methyl sites for hydroxylation is 1. The number of benzene rings is 2. The normalized spacial score (nSPS) is 18.1. The van der Waals surface area contributed by atoms with Crippen molar-refractivity contribution in [1.29, 1.82) is 0 Å². The first-order chi connectivity index (χ1) is 13.1. The molecule has 5 rings (SSSR count). The molecule has 3 aromatic rings. The van der Waals surface area contributed by atoms with Crippen molar-refractivity contribution in [2.45, 2.75) is 12.8 Å². The lowest BCUT2D eigenvalue weighted by atomic mass is 9.80. The second-order valence-electron chi connectivity index (χ2n) is 6.90. The summed E-state index contributed by atoms with van der Waals surface area (Å²) in [6.45, 7) is 2.25. The Morgan fingerprint density at radius 1 is 1.22 bits per heavy atom. The molecule has 6 nitrogen and oxygen atoms in total. The SMILES string of the molecule is COc1cc(C2C3=C(COC3=O)Nc3ccc4cc(C)[nH]c4c32)ccc1O. The number of hydrogen-bond donors (Lipinski definition) is 3. The summed E-state index contributed by atoms with van der Waals surface area (Å²) in [6, 6.07) is 11.4. The fourth-order valence-electron chi connectivity index (χ4n) is 4.10. The van der Waals surface area contributed by atoms with E-state index in [0.29, 0.717) is 11.3 Å². The standard InChI is InChI=1S/C21H18N2O4/c1-10-7-12-3-5-13-18(20(12)22-10)17(19-14(23-13)9-27-21(19)25)11-4-6-15(24)16(8-11)26-2/h3-8,17,22-24H,9H2,1-2H3. The van der Waals surface area contributed by atoms with Crippen molar-refractivity contribution in [3.63, 3.8) is 0 Å². The number of esters is 1. The molecule has 0 fully saturated rings. The highest BCUT2D eigenvalue weighted by Crippen LogP contribution is 2.48. The van der Waals surface area contributed by atoms with Crippen LogP contribution in [-0.4, -0.2) is 29.8 Å². The van der Waals surface area contributed by atoms with E-state index in [9.17, 15) is 9.90 Å². The summed E-state index contributed by atoms with van der Waals surface area (Å²) < 4.78 is 10.6. The fourth-order valence-corrected chi connectivity index (χ4v) is 4.10. The lowest BCUT2D eigenvalue weighted by Gasteiger charge is -2.28. The molecule has 1 atom stereocenters. The van der Waals surface area contributed by atoms with Crippen LogP contribution in [0, 0.1) is 6.92 Å². The van der Waals surface area contributed by atoms with Gasteiger partial charge in [-0.25, -0.2) is 4.79 Å². The van der Waals surface area contributed by atoms with Gasteiger partial charge in [-0.2, -0.15) is 0 Å². The van der Waals surface area contributed by atoms with Gasteiger partial charge < -0.3 is 24.9 Å². The van der Waals surface area contributed by atoms with Crippen LogP contribution in [0.15, 0.2) is 47.7 Å². The van der Waals surface area contributed by atoms with Crippen molar-refractivity contribution in [1.82, 2.24) is 4.98 Å². The maximum atomic E-state index is 12.6. The second-order valence-corrected chi connectivity index (χ2v) is 6.90. The lowest BCUT2D eigenvalue weighted by molar-refractivity contribution is -0.136. The molecule has 2 aromatic carbocycles. The number of aromatic hydroxyl groups is 1. The predicted molar refractivity (Wildman–Crippen MR) is 101 cm³/mol. The summed E-state index contributed by atoms with van der Waals surface area (Å²) in [6.07, 6.45) is 0. The average molecular weight is 362 g/mol. The van der Waals surface area contributed by atoms with Gasteiger partial charge >= 0.3 is 5.97 Å². The highest BCUT2D eigenvalue weighted by molar-refractivity contribution is 6.01. The Hall–Kier alpha value is -3.41. The Morgan fingerprint density at radius 3 is 2.89 bits per heavy atom. The third kappa shape index (κ3) is 2.23. The van der Waals surface area contributed by atoms with E-state index < -0.39 is 0 Å². The maximum absolute atomic E-state index is 12.6. The van der Waals surface area contributed by atoms with Crippen molar-refractivity contribution in [2.75, 3.05) is 19.0 Å². The summed E-state index contributed by atoms with van der Waals surface area (Å²) in [5, 5.41) is 14.4. The molecule has 0 bridgehead atoms. The van der Waals surface area contributed by atoms with Crippen molar-refractivity contribution < 1.29 is 19.4 Å². The highest BCUT2D eigenvalue weighted by Gasteiger charge is 2.39. The van der Waals surface area contributed by atoms with Crippen LogP contribution < -0.4 is 10.1 Å². The molecule has 3 N–H and O–H groups in total. The Bertz CT molecular complexity index is 1140. The van der Waals surface area contributed by atoms with Crippen LogP contribution in [0.25, 0.3) is 10.9 Å². The molecule has 1 unspecified atom stereocenters. The number of nitrogens with one attached hydrogen (secondary N) is 2. The van der Waals surface area contributed by atoms with E-state index in [0.717, 1.165) is 39.1 Å². The van der Waals surface area contributed by atoms with Gasteiger partial charge in [0.05, 0.1) is 23.9 Å². The Balaban J connectivity index is 1.82. The number of hydrogen-bond acceptors (Lipinski definition) is 5. The first kappa shape index (κ1) is 15.8. The van der Waals surface area contributed by atoms with Crippen molar-refractivity contribution >= 4 is 22.6 Å². The molecular weight excluding hydrogens is 344 g/mol. The van der Waals surface area contributed by atoms with E-state index in [2.05, 4.69) is 22.4 Å². The van der Waals surface area contributed by atoms with Crippen LogP contribution in [0.2, 0.25) is 0 Å². The molecular formula is C21H18N2O4. The van der Waals surface area contributed by atoms with E-state index in [1.807, 2.05) is 19.1 Å². The van der Waals surface area contributed by atoms with Crippen molar-refractivity contribution in [2.24, 2.45) is 0 Å². The number of cyclic esters (lactones) is 1. The van der Waals surface area contributed by atoms with Gasteiger partial charge in [0.1, 0.15) is 6.61 Å². The second kappa shape index (κ2) is 5.54. The number of H-pyrrole nitrogens is 1. The zero-order valence-electron chi connectivity index (χ0n) is 14.9. The summed E-state index contributed by atoms with van der Waals surface area (Å²) in [7, 11) is 1.51. The van der Waals surface area contributed by atoms with Crippen LogP contribution >= 0.6 is 0 Å². The monoisotopic (exact) mass is 362 g/mol. The molecule has 27 heavy (non-hydrogen) atoms. The number of methoxy groups -OCH3 is 1. The van der Waals surface area contributed by atoms with Gasteiger partial charge in [0.2, 0.25) is 0 Å². The van der Waals surface area contributed by atoms with Gasteiger partial charge in [-0.1, -0.05) is 12.1 Å². The zero-order chi connectivity index (χ0) is 18.7. The molecule has 1 aromatic heterocycles. The van der Waals surface area contributed by atoms with E-state index in [1.165, 1.54) is 7.11 Å². The van der Waals surface area contributed by atoms with Gasteiger partial charge in [-0.05, 0) is 36.8 Å². The molecule has 0 saturated heterocycles. The molecule has 136 valence electrons. The minimum absolute atomic E-state index is 0.0625. The van der Waals surface area contributed by atoms with E-state index in [4.69, 9.17) is 9.47 Å². The number of anilines is 1. The van der Waals surface area contributed by atoms with E-state index in [1.54, 1.807) is 12.1 Å². The quantitative estimate of drug-likeness (QED) is 0.607. The molecule has 0 radical (unpaired) electrons. The minimum Gasteiger partial charge on any atom is -0.504 e. The first-order valence-electron chi connectivity index (χ1n) is 8.73. The number of aromatic amines is 1. The van der Waals surface area contributed by atoms with Gasteiger partial charge in [-0.3, -0.25) is 0 Å². The fraction of sp³-hybridized carbons (Fsp3) is 0.190. The minimum atomic E-state index is -0.319. The largest absolute Gasteiger partial charge is 0.504 e. The number of fused-ring (bicyclic) bond motifs is 3. The van der Waals surface area contributed by atoms with Crippen LogP contribution in [0.1, 0.15) is 22.7 Å². The summed E-state index contributed by atoms with van der Waals surface area (Å²) in [5.41, 5.74) is 6.22. The maximum Gasteiger partial charge on any atom is 0.337 e. The van der Waals surface area contributed by atoms with E-state index >= 15 is 0 Å². The summed E-state index contributed by atoms with van der Waals surface area (Å²) in [5.74, 6) is -0.202. The van der Waals surface area contributed by atoms with Gasteiger partial charge in [0.25, 0.3) is 0 Å². The number of phenolic OH excluding ortho intramolecular Hbond substituents is 1. The Kier molecular flexibility index (Phi) is 3.25. The number of phenols is 1. The smallest absolute Gasteiger partial charge is 0.337 e. The topological polar surface area (TPSA) is 83.6 Å². The van der Waals surface area contributed by atoms with Gasteiger partial charge in [0.15, 0.2) is 11.5 Å². The average Bonchev–Trinajstić information content (AvgIpc) is 3.22. The highest BCUT2D eigenvalue weighted by atomic mass is 16.5. The molecule has 3 heterocycles. The molecule has 0 spiro atoms. The molecule has 0 aliphatic carbocycles. The van der Waals surface area contributed by atoms with E-state index in [-0.39, 0.29) is 24.2 Å². The summed E-state index contributed by atoms with van der Waals surface area (Å²) >= 11 is 0. The third-order valence-corrected chi connectivity index (χ3v) is 5.26. The first-order valence-corrected chi connectivity index (χ1v) is 8.73. The third-order valence-electron chi connectivity index (χ3n) is 5.26. The van der Waals surface area contributed by atoms with Gasteiger partial charge in [0, 0.05) is 28.2 Å². The molecule has 0 amide bonds. The van der Waals surface area contributed by atoms with Crippen molar-refractivity contribution in [3.8, 4) is 11.5 Å².